The molecule has 6 nitrogen and oxygen atoms in total. The number of carbonyl (C=O) groups is 1. The van der Waals surface area contributed by atoms with E-state index in [0.717, 1.165) is 5.06 Å². The number of nitrogens with zero attached hydrogens (tertiary/aromatic N) is 1. The van der Waals surface area contributed by atoms with E-state index in [9.17, 15) is 9.00 Å². The van der Waals surface area contributed by atoms with Crippen molar-refractivity contribution in [2.75, 3.05) is 20.2 Å². The summed E-state index contributed by atoms with van der Waals surface area (Å²) in [6.45, 7) is 0.589. The van der Waals surface area contributed by atoms with Gasteiger partial charge in [-0.3, -0.25) is 0 Å². The van der Waals surface area contributed by atoms with Crippen LogP contribution in [-0.2, 0) is 20.3 Å². The Hall–Kier alpha value is -0.660. The first-order chi connectivity index (χ1) is 5.24. The summed E-state index contributed by atoms with van der Waals surface area (Å²) in [6, 6.07) is 0. The molecule has 1 unspecified atom stereocenters. The predicted molar refractivity (Wildman–Crippen MR) is 36.3 cm³/mol. The average molecular weight is 180 g/mol. The fourth-order valence-corrected chi connectivity index (χ4v) is 0.939. The number of hydroxylamine groups is 2. The van der Waals surface area contributed by atoms with Gasteiger partial charge in [-0.25, -0.2) is 13.7 Å². The van der Waals surface area contributed by atoms with E-state index < -0.39 is 17.4 Å². The molecule has 0 radical (unpaired) electrons. The standard InChI is InChI=1S/C4H8N2O4S/c1-5-11(8)10-6-2-3-9-4(6)7/h5H,2-3H2,1H3. The molecule has 1 N–H and O–H groups in total. The SMILES string of the molecule is CNS(=O)ON1CCOC1=O. The summed E-state index contributed by atoms with van der Waals surface area (Å²) in [5.74, 6) is 0. The molecule has 1 fully saturated rings. The first-order valence-electron chi connectivity index (χ1n) is 2.96. The molecular formula is C4H8N2O4S. The summed E-state index contributed by atoms with van der Waals surface area (Å²) in [5.41, 5.74) is 0. The summed E-state index contributed by atoms with van der Waals surface area (Å²) < 4.78 is 22.1. The van der Waals surface area contributed by atoms with Crippen LogP contribution in [0.2, 0.25) is 0 Å². The number of hydrogen-bond acceptors (Lipinski definition) is 4. The zero-order valence-electron chi connectivity index (χ0n) is 5.90. The van der Waals surface area contributed by atoms with Crippen LogP contribution in [0.5, 0.6) is 0 Å². The molecular weight excluding hydrogens is 172 g/mol. The predicted octanol–water partition coefficient (Wildman–Crippen LogP) is -0.832. The smallest absolute Gasteiger partial charge is 0.435 e. The second-order valence-electron chi connectivity index (χ2n) is 1.73. The van der Waals surface area contributed by atoms with Gasteiger partial charge in [0.25, 0.3) is 11.3 Å². The van der Waals surface area contributed by atoms with Crippen LogP contribution < -0.4 is 4.72 Å². The van der Waals surface area contributed by atoms with Gasteiger partial charge in [-0.05, 0) is 7.05 Å². The van der Waals surface area contributed by atoms with Gasteiger partial charge in [0.15, 0.2) is 0 Å². The molecule has 1 rings (SSSR count). The molecule has 0 aliphatic carbocycles. The third kappa shape index (κ3) is 2.14. The lowest BCUT2D eigenvalue weighted by atomic mass is 10.7. The summed E-state index contributed by atoms with van der Waals surface area (Å²) in [7, 11) is 1.46. The van der Waals surface area contributed by atoms with Gasteiger partial charge in [0.2, 0.25) is 0 Å². The van der Waals surface area contributed by atoms with Gasteiger partial charge in [-0.15, -0.1) is 0 Å². The largest absolute Gasteiger partial charge is 0.446 e. The maximum absolute atomic E-state index is 10.6. The third-order valence-corrected chi connectivity index (χ3v) is 1.70. The lowest BCUT2D eigenvalue weighted by molar-refractivity contribution is 0.0118. The number of rotatable bonds is 3. The Balaban J connectivity index is 2.36. The molecule has 1 aliphatic heterocycles. The number of hydrogen-bond donors (Lipinski definition) is 1. The first-order valence-corrected chi connectivity index (χ1v) is 4.03. The van der Waals surface area contributed by atoms with Crippen LogP contribution >= 0.6 is 0 Å². The van der Waals surface area contributed by atoms with Crippen molar-refractivity contribution in [3.63, 3.8) is 0 Å². The van der Waals surface area contributed by atoms with Crippen molar-refractivity contribution >= 4 is 17.4 Å². The van der Waals surface area contributed by atoms with Gasteiger partial charge in [-0.2, -0.15) is 9.35 Å². The topological polar surface area (TPSA) is 67.9 Å². The minimum absolute atomic E-state index is 0.278. The molecule has 1 aliphatic rings. The molecule has 7 heteroatoms. The fourth-order valence-electron chi connectivity index (χ4n) is 0.566. The molecule has 0 saturated carbocycles. The van der Waals surface area contributed by atoms with E-state index >= 15 is 0 Å². The van der Waals surface area contributed by atoms with Gasteiger partial charge >= 0.3 is 6.09 Å². The summed E-state index contributed by atoms with van der Waals surface area (Å²) >= 11 is -1.66. The second-order valence-corrected chi connectivity index (χ2v) is 2.76. The Labute approximate surface area is 66.2 Å². The molecule has 1 saturated heterocycles. The lowest BCUT2D eigenvalue weighted by Crippen LogP contribution is -2.29. The van der Waals surface area contributed by atoms with Gasteiger partial charge in [-0.1, -0.05) is 0 Å². The molecule has 0 aromatic carbocycles. The van der Waals surface area contributed by atoms with Gasteiger partial charge < -0.3 is 4.74 Å². The van der Waals surface area contributed by atoms with Crippen molar-refractivity contribution in [2.45, 2.75) is 0 Å². The van der Waals surface area contributed by atoms with Crippen LogP contribution in [0.3, 0.4) is 0 Å². The molecule has 1 heterocycles. The molecule has 0 bridgehead atoms. The van der Waals surface area contributed by atoms with Gasteiger partial charge in [0.1, 0.15) is 6.61 Å². The first kappa shape index (κ1) is 8.44. The highest BCUT2D eigenvalue weighted by Gasteiger charge is 2.24. The minimum Gasteiger partial charge on any atom is -0.446 e. The summed E-state index contributed by atoms with van der Waals surface area (Å²) in [4.78, 5) is 10.6. The van der Waals surface area contributed by atoms with Crippen LogP contribution in [0.1, 0.15) is 0 Å². The monoisotopic (exact) mass is 180 g/mol. The fraction of sp³-hybridized carbons (Fsp3) is 0.750. The van der Waals surface area contributed by atoms with Crippen LogP contribution in [0.15, 0.2) is 0 Å². The maximum atomic E-state index is 10.6. The van der Waals surface area contributed by atoms with Crippen molar-refractivity contribution in [3.8, 4) is 0 Å². The maximum Gasteiger partial charge on any atom is 0.435 e. The molecule has 0 spiro atoms. The van der Waals surface area contributed by atoms with Crippen molar-refractivity contribution < 1.29 is 18.0 Å². The number of amides is 1. The van der Waals surface area contributed by atoms with Gasteiger partial charge in [0.05, 0.1) is 6.54 Å². The van der Waals surface area contributed by atoms with E-state index in [4.69, 9.17) is 0 Å². The second kappa shape index (κ2) is 3.65. The van der Waals surface area contributed by atoms with Crippen molar-refractivity contribution in [3.05, 3.63) is 0 Å². The lowest BCUT2D eigenvalue weighted by Gasteiger charge is -2.08. The van der Waals surface area contributed by atoms with E-state index in [1.165, 1.54) is 7.05 Å². The van der Waals surface area contributed by atoms with Crippen LogP contribution in [-0.4, -0.2) is 35.6 Å². The van der Waals surface area contributed by atoms with Crippen molar-refractivity contribution in [2.24, 2.45) is 0 Å². The highest BCUT2D eigenvalue weighted by Crippen LogP contribution is 2.03. The van der Waals surface area contributed by atoms with E-state index in [1.54, 1.807) is 0 Å². The Kier molecular flexibility index (Phi) is 2.80. The summed E-state index contributed by atoms with van der Waals surface area (Å²) in [6.07, 6.45) is -0.603. The minimum atomic E-state index is -1.66. The average Bonchev–Trinajstić information content (AvgIpc) is 2.37. The Morgan fingerprint density at radius 2 is 2.55 bits per heavy atom. The number of ether oxygens (including phenoxy) is 1. The molecule has 0 aromatic rings. The Bertz CT molecular complexity index is 185. The van der Waals surface area contributed by atoms with Crippen LogP contribution in [0.4, 0.5) is 4.79 Å². The van der Waals surface area contributed by atoms with E-state index in [1.807, 2.05) is 0 Å². The van der Waals surface area contributed by atoms with Gasteiger partial charge in [0, 0.05) is 0 Å². The molecule has 1 atom stereocenters. The summed E-state index contributed by atoms with van der Waals surface area (Å²) in [5, 5.41) is 0.909. The Morgan fingerprint density at radius 1 is 1.82 bits per heavy atom. The molecule has 64 valence electrons. The number of carbonyl (C=O) groups excluding carboxylic acids is 1. The number of nitrogens with one attached hydrogen (secondary N) is 1. The highest BCUT2D eigenvalue weighted by atomic mass is 32.2. The van der Waals surface area contributed by atoms with Crippen molar-refractivity contribution in [1.29, 1.82) is 0 Å². The highest BCUT2D eigenvalue weighted by molar-refractivity contribution is 7.78. The normalized spacial score (nSPS) is 20.1. The zero-order chi connectivity index (χ0) is 8.27. The quantitative estimate of drug-likeness (QED) is 0.615. The van der Waals surface area contributed by atoms with E-state index in [-0.39, 0.29) is 6.61 Å². The Morgan fingerprint density at radius 3 is 3.00 bits per heavy atom. The zero-order valence-corrected chi connectivity index (χ0v) is 6.72. The van der Waals surface area contributed by atoms with E-state index in [0.29, 0.717) is 6.54 Å². The third-order valence-electron chi connectivity index (χ3n) is 1.05. The van der Waals surface area contributed by atoms with Crippen molar-refractivity contribution in [1.82, 2.24) is 9.79 Å². The number of cyclic esters (lactones) is 1. The molecule has 0 aromatic heterocycles. The van der Waals surface area contributed by atoms with Crippen LogP contribution in [0.25, 0.3) is 0 Å². The van der Waals surface area contributed by atoms with Crippen LogP contribution in [0, 0.1) is 0 Å². The molecule has 1 amide bonds. The van der Waals surface area contributed by atoms with E-state index in [2.05, 4.69) is 13.7 Å². The molecule has 11 heavy (non-hydrogen) atoms.